The largest absolute Gasteiger partial charge is 0.493 e. The first kappa shape index (κ1) is 29.9. The fourth-order valence-electron chi connectivity index (χ4n) is 5.63. The van der Waals surface area contributed by atoms with Crippen molar-refractivity contribution in [2.24, 2.45) is 5.92 Å². The SMILES string of the molecule is CCOC(=O)c1ccc(N2C(=O)C3Sc4[nH]c(=O)sc4[C@H](c4ccc(OCC(=O)N5CCOCC5)c(OC)c4)C3C2=O)cc1. The predicted octanol–water partition coefficient (Wildman–Crippen LogP) is 2.66. The monoisotopic (exact) mass is 639 g/mol. The van der Waals surface area contributed by atoms with E-state index < -0.39 is 34.9 Å². The molecular weight excluding hydrogens is 610 g/mol. The van der Waals surface area contributed by atoms with Crippen molar-refractivity contribution in [2.45, 2.75) is 23.1 Å². The second-order valence-corrected chi connectivity index (χ2v) is 12.4. The maximum atomic E-state index is 14.0. The van der Waals surface area contributed by atoms with Gasteiger partial charge in [-0.05, 0) is 48.9 Å². The summed E-state index contributed by atoms with van der Waals surface area (Å²) in [5.74, 6) is -2.23. The second kappa shape index (κ2) is 12.5. The van der Waals surface area contributed by atoms with Gasteiger partial charge in [0, 0.05) is 23.9 Å². The van der Waals surface area contributed by atoms with Gasteiger partial charge in [0.1, 0.15) is 5.25 Å². The molecule has 1 N–H and O–H groups in total. The third-order valence-corrected chi connectivity index (χ3v) is 10.1. The summed E-state index contributed by atoms with van der Waals surface area (Å²) in [7, 11) is 1.47. The minimum atomic E-state index is -0.810. The molecule has 4 heterocycles. The smallest absolute Gasteiger partial charge is 0.338 e. The molecule has 14 heteroatoms. The van der Waals surface area contributed by atoms with Crippen molar-refractivity contribution in [2.75, 3.05) is 51.5 Å². The topological polar surface area (TPSA) is 145 Å². The Morgan fingerprint density at radius 1 is 1.02 bits per heavy atom. The summed E-state index contributed by atoms with van der Waals surface area (Å²) in [6, 6.07) is 11.3. The number of benzene rings is 2. The highest BCUT2D eigenvalue weighted by atomic mass is 32.2. The maximum Gasteiger partial charge on any atom is 0.338 e. The van der Waals surface area contributed by atoms with E-state index in [0.29, 0.717) is 64.5 Å². The summed E-state index contributed by atoms with van der Waals surface area (Å²) in [4.78, 5) is 70.9. The number of hydrogen-bond acceptors (Lipinski definition) is 11. The number of aromatic amines is 1. The van der Waals surface area contributed by atoms with Gasteiger partial charge in [0.05, 0.1) is 49.1 Å². The van der Waals surface area contributed by atoms with Crippen molar-refractivity contribution in [3.63, 3.8) is 0 Å². The van der Waals surface area contributed by atoms with E-state index in [2.05, 4.69) is 4.98 Å². The van der Waals surface area contributed by atoms with Gasteiger partial charge >= 0.3 is 10.8 Å². The van der Waals surface area contributed by atoms with E-state index in [4.69, 9.17) is 18.9 Å². The van der Waals surface area contributed by atoms with Gasteiger partial charge < -0.3 is 28.8 Å². The van der Waals surface area contributed by atoms with E-state index in [-0.39, 0.29) is 24.0 Å². The Morgan fingerprint density at radius 2 is 1.77 bits per heavy atom. The zero-order valence-electron chi connectivity index (χ0n) is 23.9. The number of aromatic nitrogens is 1. The Labute approximate surface area is 260 Å². The first-order valence-corrected chi connectivity index (χ1v) is 15.7. The number of carbonyl (C=O) groups is 4. The Balaban J connectivity index is 1.30. The highest BCUT2D eigenvalue weighted by Gasteiger charge is 2.56. The number of nitrogens with zero attached hydrogens (tertiary/aromatic N) is 2. The summed E-state index contributed by atoms with van der Waals surface area (Å²) in [6.07, 6.45) is 0. The number of nitrogens with one attached hydrogen (secondary N) is 1. The fourth-order valence-corrected chi connectivity index (χ4v) is 8.15. The number of methoxy groups -OCH3 is 1. The van der Waals surface area contributed by atoms with Crippen LogP contribution in [0, 0.1) is 5.92 Å². The quantitative estimate of drug-likeness (QED) is 0.289. The first-order valence-electron chi connectivity index (χ1n) is 14.0. The summed E-state index contributed by atoms with van der Waals surface area (Å²) < 4.78 is 21.8. The third-order valence-electron chi connectivity index (χ3n) is 7.72. The molecule has 3 amide bonds. The molecule has 2 aromatic carbocycles. The number of amides is 3. The molecule has 3 aliphatic rings. The Hall–Kier alpha value is -4.14. The van der Waals surface area contributed by atoms with Crippen LogP contribution < -0.4 is 19.2 Å². The molecule has 230 valence electrons. The van der Waals surface area contributed by atoms with E-state index in [0.717, 1.165) is 16.2 Å². The summed E-state index contributed by atoms with van der Waals surface area (Å²) in [5.41, 5.74) is 1.30. The average Bonchev–Trinajstić information content (AvgIpc) is 3.54. The van der Waals surface area contributed by atoms with Gasteiger partial charge in [-0.1, -0.05) is 29.2 Å². The lowest BCUT2D eigenvalue weighted by Gasteiger charge is -2.30. The zero-order chi connectivity index (χ0) is 31.0. The number of fused-ring (bicyclic) bond motifs is 2. The van der Waals surface area contributed by atoms with Crippen molar-refractivity contribution in [1.82, 2.24) is 9.88 Å². The maximum absolute atomic E-state index is 14.0. The van der Waals surface area contributed by atoms with Gasteiger partial charge in [0.15, 0.2) is 18.1 Å². The van der Waals surface area contributed by atoms with Gasteiger partial charge in [-0.25, -0.2) is 9.69 Å². The van der Waals surface area contributed by atoms with Crippen molar-refractivity contribution in [3.05, 3.63) is 68.1 Å². The Kier molecular flexibility index (Phi) is 8.47. The lowest BCUT2D eigenvalue weighted by atomic mass is 9.83. The number of esters is 1. The number of imide groups is 1. The third kappa shape index (κ3) is 5.48. The molecule has 12 nitrogen and oxygen atoms in total. The lowest BCUT2D eigenvalue weighted by Crippen LogP contribution is -2.43. The van der Waals surface area contributed by atoms with Crippen LogP contribution in [-0.4, -0.2) is 85.5 Å². The van der Waals surface area contributed by atoms with Crippen LogP contribution in [0.1, 0.15) is 33.6 Å². The molecule has 44 heavy (non-hydrogen) atoms. The molecule has 0 spiro atoms. The van der Waals surface area contributed by atoms with Gasteiger partial charge in [-0.2, -0.15) is 0 Å². The van der Waals surface area contributed by atoms with Crippen LogP contribution in [0.5, 0.6) is 11.5 Å². The molecule has 0 saturated carbocycles. The Bertz CT molecular complexity index is 1660. The standard InChI is InChI=1S/C30H29N3O9S2/c1-3-41-29(37)16-4-7-18(8-5-16)33-27(35)23-22(24-26(31-30(38)44-24)43-25(23)28(33)36)17-6-9-19(20(14-17)39-2)42-15-21(34)32-10-12-40-13-11-32/h4-9,14,22-23,25H,3,10-13,15H2,1-2H3,(H,31,38)/t22-,23?,25?/m1/s1. The van der Waals surface area contributed by atoms with E-state index in [1.54, 1.807) is 42.2 Å². The highest BCUT2D eigenvalue weighted by molar-refractivity contribution is 8.00. The first-order chi connectivity index (χ1) is 21.3. The number of thioether (sulfide) groups is 1. The van der Waals surface area contributed by atoms with E-state index in [1.165, 1.54) is 31.0 Å². The summed E-state index contributed by atoms with van der Waals surface area (Å²) in [5, 5.41) is -0.245. The van der Waals surface area contributed by atoms with Crippen LogP contribution in [-0.2, 0) is 23.9 Å². The fraction of sp³-hybridized carbons (Fsp3) is 0.367. The van der Waals surface area contributed by atoms with E-state index >= 15 is 0 Å². The molecule has 3 aliphatic heterocycles. The number of thiazole rings is 1. The molecule has 2 fully saturated rings. The molecular formula is C30H29N3O9S2. The van der Waals surface area contributed by atoms with Crippen LogP contribution in [0.2, 0.25) is 0 Å². The molecule has 3 aromatic rings. The van der Waals surface area contributed by atoms with Crippen LogP contribution in [0.15, 0.2) is 52.3 Å². The molecule has 0 aliphatic carbocycles. The number of H-pyrrole nitrogens is 1. The van der Waals surface area contributed by atoms with Gasteiger partial charge in [0.2, 0.25) is 11.8 Å². The molecule has 2 saturated heterocycles. The number of hydrogen-bond donors (Lipinski definition) is 1. The lowest BCUT2D eigenvalue weighted by molar-refractivity contribution is -0.137. The molecule has 1 aromatic heterocycles. The van der Waals surface area contributed by atoms with Crippen molar-refractivity contribution in [3.8, 4) is 11.5 Å². The molecule has 0 radical (unpaired) electrons. The molecule has 3 atom stereocenters. The van der Waals surface area contributed by atoms with Crippen LogP contribution in [0.25, 0.3) is 0 Å². The van der Waals surface area contributed by atoms with Crippen molar-refractivity contribution >= 4 is 52.5 Å². The van der Waals surface area contributed by atoms with Crippen LogP contribution >= 0.6 is 23.1 Å². The highest BCUT2D eigenvalue weighted by Crippen LogP contribution is 2.53. The molecule has 0 bridgehead atoms. The van der Waals surface area contributed by atoms with Crippen LogP contribution in [0.3, 0.4) is 0 Å². The molecule has 6 rings (SSSR count). The zero-order valence-corrected chi connectivity index (χ0v) is 25.5. The van der Waals surface area contributed by atoms with Gasteiger partial charge in [0.25, 0.3) is 5.91 Å². The van der Waals surface area contributed by atoms with Crippen molar-refractivity contribution < 1.29 is 38.1 Å². The number of ether oxygens (including phenoxy) is 4. The van der Waals surface area contributed by atoms with Gasteiger partial charge in [-0.3, -0.25) is 19.2 Å². The Morgan fingerprint density at radius 3 is 2.48 bits per heavy atom. The van der Waals surface area contributed by atoms with E-state index in [1.807, 2.05) is 0 Å². The minimum absolute atomic E-state index is 0.168. The number of rotatable bonds is 8. The number of carbonyl (C=O) groups excluding carboxylic acids is 4. The normalized spacial score (nSPS) is 21.1. The van der Waals surface area contributed by atoms with Crippen LogP contribution in [0.4, 0.5) is 5.69 Å². The second-order valence-electron chi connectivity index (χ2n) is 10.2. The molecule has 2 unspecified atom stereocenters. The minimum Gasteiger partial charge on any atom is -0.493 e. The predicted molar refractivity (Wildman–Crippen MR) is 161 cm³/mol. The average molecular weight is 640 g/mol. The number of morpholine rings is 1. The van der Waals surface area contributed by atoms with Crippen molar-refractivity contribution in [1.29, 1.82) is 0 Å². The summed E-state index contributed by atoms with van der Waals surface area (Å²) >= 11 is 2.17. The van der Waals surface area contributed by atoms with Gasteiger partial charge in [-0.15, -0.1) is 0 Å². The van der Waals surface area contributed by atoms with E-state index in [9.17, 15) is 24.0 Å². The number of anilines is 1. The summed E-state index contributed by atoms with van der Waals surface area (Å²) in [6.45, 7) is 3.72.